The molecule has 0 bridgehead atoms. The third kappa shape index (κ3) is 3.41. The Kier molecular flexibility index (Phi) is 3.87. The monoisotopic (exact) mass is 277 g/mol. The molecule has 0 spiro atoms. The molecule has 112 valence electrons. The molecule has 2 heterocycles. The Balaban J connectivity index is 1.50. The van der Waals surface area contributed by atoms with Crippen molar-refractivity contribution in [2.75, 3.05) is 13.1 Å². The van der Waals surface area contributed by atoms with Crippen molar-refractivity contribution < 1.29 is 4.52 Å². The van der Waals surface area contributed by atoms with E-state index >= 15 is 0 Å². The summed E-state index contributed by atoms with van der Waals surface area (Å²) in [5.74, 6) is 2.90. The van der Waals surface area contributed by atoms with E-state index in [9.17, 15) is 0 Å². The van der Waals surface area contributed by atoms with Crippen molar-refractivity contribution in [3.05, 3.63) is 17.5 Å². The lowest BCUT2D eigenvalue weighted by Crippen LogP contribution is -2.35. The van der Waals surface area contributed by atoms with Crippen LogP contribution in [0.1, 0.15) is 51.5 Å². The Morgan fingerprint density at radius 2 is 2.00 bits per heavy atom. The minimum atomic E-state index is 0.117. The van der Waals surface area contributed by atoms with Crippen LogP contribution in [0.2, 0.25) is 0 Å². The summed E-state index contributed by atoms with van der Waals surface area (Å²) < 4.78 is 5.48. The normalized spacial score (nSPS) is 27.1. The maximum Gasteiger partial charge on any atom is 0.151 e. The van der Waals surface area contributed by atoms with Gasteiger partial charge in [-0.1, -0.05) is 11.6 Å². The number of rotatable bonds is 4. The predicted molar refractivity (Wildman–Crippen MR) is 79.2 cm³/mol. The Bertz CT molecular complexity index is 437. The van der Waals surface area contributed by atoms with Gasteiger partial charge in [0.2, 0.25) is 0 Å². The van der Waals surface area contributed by atoms with Gasteiger partial charge in [-0.3, -0.25) is 4.90 Å². The van der Waals surface area contributed by atoms with Gasteiger partial charge in [-0.2, -0.15) is 0 Å². The van der Waals surface area contributed by atoms with Gasteiger partial charge in [0.15, 0.2) is 5.76 Å². The molecule has 1 saturated carbocycles. The number of hydrogen-bond acceptors (Lipinski definition) is 4. The number of fused-ring (bicyclic) bond motifs is 1. The molecular formula is C16H27N3O. The summed E-state index contributed by atoms with van der Waals surface area (Å²) in [7, 11) is 0. The quantitative estimate of drug-likeness (QED) is 0.919. The highest BCUT2D eigenvalue weighted by Gasteiger charge is 2.36. The largest absolute Gasteiger partial charge is 0.360 e. The summed E-state index contributed by atoms with van der Waals surface area (Å²) >= 11 is 0. The van der Waals surface area contributed by atoms with Crippen LogP contribution < -0.4 is 5.32 Å². The van der Waals surface area contributed by atoms with Crippen LogP contribution in [-0.2, 0) is 13.1 Å². The molecule has 20 heavy (non-hydrogen) atoms. The molecule has 1 N–H and O–H groups in total. The lowest BCUT2D eigenvalue weighted by atomic mass is 10.0. The average Bonchev–Trinajstić information content (AvgIpc) is 3.01. The zero-order valence-electron chi connectivity index (χ0n) is 13.0. The molecule has 1 saturated heterocycles. The molecule has 1 aromatic heterocycles. The van der Waals surface area contributed by atoms with E-state index in [2.05, 4.69) is 42.2 Å². The fraction of sp³-hybridized carbons (Fsp3) is 0.812. The van der Waals surface area contributed by atoms with Gasteiger partial charge in [-0.05, 0) is 45.4 Å². The smallest absolute Gasteiger partial charge is 0.151 e. The van der Waals surface area contributed by atoms with Crippen molar-refractivity contribution in [3.8, 4) is 0 Å². The zero-order chi connectivity index (χ0) is 14.2. The summed E-state index contributed by atoms with van der Waals surface area (Å²) in [6.45, 7) is 10.7. The molecule has 0 radical (unpaired) electrons. The molecule has 3 rings (SSSR count). The van der Waals surface area contributed by atoms with E-state index in [1.54, 1.807) is 0 Å². The van der Waals surface area contributed by atoms with Gasteiger partial charge in [0, 0.05) is 31.2 Å². The molecule has 1 aromatic rings. The maximum atomic E-state index is 5.48. The highest BCUT2D eigenvalue weighted by atomic mass is 16.5. The maximum absolute atomic E-state index is 5.48. The number of aromatic nitrogens is 1. The van der Waals surface area contributed by atoms with Gasteiger partial charge >= 0.3 is 0 Å². The van der Waals surface area contributed by atoms with Gasteiger partial charge in [-0.25, -0.2) is 0 Å². The molecule has 2 aliphatic rings. The minimum absolute atomic E-state index is 0.117. The first-order valence-electron chi connectivity index (χ1n) is 7.91. The first kappa shape index (κ1) is 14.1. The molecule has 0 aromatic carbocycles. The van der Waals surface area contributed by atoms with Crippen LogP contribution >= 0.6 is 0 Å². The Morgan fingerprint density at radius 1 is 1.30 bits per heavy atom. The summed E-state index contributed by atoms with van der Waals surface area (Å²) in [5.41, 5.74) is 1.13. The molecule has 2 atom stereocenters. The molecule has 1 aliphatic heterocycles. The second kappa shape index (κ2) is 5.49. The zero-order valence-corrected chi connectivity index (χ0v) is 13.0. The van der Waals surface area contributed by atoms with Crippen LogP contribution in [0.15, 0.2) is 10.6 Å². The van der Waals surface area contributed by atoms with E-state index in [1.807, 2.05) is 0 Å². The van der Waals surface area contributed by atoms with E-state index < -0.39 is 0 Å². The second-order valence-corrected chi connectivity index (χ2v) is 7.53. The standard InChI is InChI=1S/C16H27N3O/c1-16(2,3)17-8-14-7-15(20-18-14)11-19-9-12-5-4-6-13(12)10-19/h7,12-13,17H,4-6,8-11H2,1-3H3. The van der Waals surface area contributed by atoms with Crippen molar-refractivity contribution in [1.29, 1.82) is 0 Å². The summed E-state index contributed by atoms with van der Waals surface area (Å²) in [6, 6.07) is 2.10. The fourth-order valence-electron chi connectivity index (χ4n) is 3.55. The van der Waals surface area contributed by atoms with E-state index in [4.69, 9.17) is 4.52 Å². The van der Waals surface area contributed by atoms with Gasteiger partial charge in [0.05, 0.1) is 12.2 Å². The number of nitrogens with zero attached hydrogens (tertiary/aromatic N) is 2. The van der Waals surface area contributed by atoms with Crippen LogP contribution in [0.4, 0.5) is 0 Å². The van der Waals surface area contributed by atoms with E-state index in [0.717, 1.165) is 36.4 Å². The fourth-order valence-corrected chi connectivity index (χ4v) is 3.55. The van der Waals surface area contributed by atoms with Crippen molar-refractivity contribution in [3.63, 3.8) is 0 Å². The van der Waals surface area contributed by atoms with Crippen molar-refractivity contribution in [2.45, 2.75) is 58.7 Å². The van der Waals surface area contributed by atoms with Crippen molar-refractivity contribution >= 4 is 0 Å². The van der Waals surface area contributed by atoms with Gasteiger partial charge in [0.1, 0.15) is 0 Å². The highest BCUT2D eigenvalue weighted by molar-refractivity contribution is 5.06. The minimum Gasteiger partial charge on any atom is -0.360 e. The summed E-state index contributed by atoms with van der Waals surface area (Å²) in [4.78, 5) is 2.54. The van der Waals surface area contributed by atoms with Crippen LogP contribution in [0, 0.1) is 11.8 Å². The molecule has 1 aliphatic carbocycles. The summed E-state index contributed by atoms with van der Waals surface area (Å²) in [6.07, 6.45) is 4.30. The second-order valence-electron chi connectivity index (χ2n) is 7.53. The predicted octanol–water partition coefficient (Wildman–Crippen LogP) is 2.79. The van der Waals surface area contributed by atoms with Crippen LogP contribution in [0.25, 0.3) is 0 Å². The molecule has 2 fully saturated rings. The van der Waals surface area contributed by atoms with E-state index in [0.29, 0.717) is 0 Å². The third-order valence-electron chi connectivity index (χ3n) is 4.59. The Labute approximate surface area is 121 Å². The van der Waals surface area contributed by atoms with Crippen LogP contribution in [0.5, 0.6) is 0 Å². The lowest BCUT2D eigenvalue weighted by Gasteiger charge is -2.19. The molecule has 2 unspecified atom stereocenters. The molecule has 4 heteroatoms. The van der Waals surface area contributed by atoms with Gasteiger partial charge in [0.25, 0.3) is 0 Å². The van der Waals surface area contributed by atoms with Crippen LogP contribution in [-0.4, -0.2) is 28.7 Å². The average molecular weight is 277 g/mol. The number of likely N-dealkylation sites (tertiary alicyclic amines) is 1. The van der Waals surface area contributed by atoms with Gasteiger partial charge < -0.3 is 9.84 Å². The third-order valence-corrected chi connectivity index (χ3v) is 4.59. The Hall–Kier alpha value is -0.870. The first-order chi connectivity index (χ1) is 9.49. The van der Waals surface area contributed by atoms with E-state index in [-0.39, 0.29) is 5.54 Å². The van der Waals surface area contributed by atoms with Crippen LogP contribution in [0.3, 0.4) is 0 Å². The topological polar surface area (TPSA) is 41.3 Å². The van der Waals surface area contributed by atoms with Crippen molar-refractivity contribution in [2.24, 2.45) is 11.8 Å². The highest BCUT2D eigenvalue weighted by Crippen LogP contribution is 2.38. The molecule has 4 nitrogen and oxygen atoms in total. The van der Waals surface area contributed by atoms with Crippen molar-refractivity contribution in [1.82, 2.24) is 15.4 Å². The lowest BCUT2D eigenvalue weighted by molar-refractivity contribution is 0.256. The Morgan fingerprint density at radius 3 is 2.65 bits per heavy atom. The van der Waals surface area contributed by atoms with E-state index in [1.165, 1.54) is 32.4 Å². The molecular weight excluding hydrogens is 250 g/mol. The summed E-state index contributed by atoms with van der Waals surface area (Å²) in [5, 5.41) is 7.61. The van der Waals surface area contributed by atoms with Gasteiger partial charge in [-0.15, -0.1) is 0 Å². The number of nitrogens with one attached hydrogen (secondary N) is 1. The number of hydrogen-bond donors (Lipinski definition) is 1. The SMILES string of the molecule is CC(C)(C)NCc1cc(CN2CC3CCCC3C2)on1. The first-order valence-corrected chi connectivity index (χ1v) is 7.91. The molecule has 0 amide bonds.